The van der Waals surface area contributed by atoms with E-state index in [0.717, 1.165) is 11.3 Å². The van der Waals surface area contributed by atoms with Gasteiger partial charge < -0.3 is 25.1 Å². The number of anilines is 1. The fourth-order valence-electron chi connectivity index (χ4n) is 3.13. The second-order valence-corrected chi connectivity index (χ2v) is 9.41. The van der Waals surface area contributed by atoms with Gasteiger partial charge in [0.25, 0.3) is 5.91 Å². The van der Waals surface area contributed by atoms with E-state index < -0.39 is 17.8 Å². The monoisotopic (exact) mass is 537 g/mol. The van der Waals surface area contributed by atoms with Crippen molar-refractivity contribution in [2.24, 2.45) is 5.73 Å². The summed E-state index contributed by atoms with van der Waals surface area (Å²) in [4.78, 5) is 37.0. The van der Waals surface area contributed by atoms with Gasteiger partial charge in [0.05, 0.1) is 27.8 Å². The Hall–Kier alpha value is -3.09. The zero-order valence-corrected chi connectivity index (χ0v) is 21.7. The summed E-state index contributed by atoms with van der Waals surface area (Å²) in [6, 6.07) is 7.12. The molecule has 0 unspecified atom stereocenters. The Labute approximate surface area is 215 Å². The van der Waals surface area contributed by atoms with Crippen LogP contribution in [0.5, 0.6) is 5.75 Å². The number of ether oxygens (including phenoxy) is 2. The van der Waals surface area contributed by atoms with E-state index in [1.807, 2.05) is 23.6 Å². The van der Waals surface area contributed by atoms with Crippen molar-refractivity contribution in [1.82, 2.24) is 14.8 Å². The number of aromatic nitrogens is 3. The molecule has 3 rings (SSSR count). The Morgan fingerprint density at radius 3 is 2.63 bits per heavy atom. The SMILES string of the molecule is CCOC(=O)c1c(NC(=O)CSc2nnc(COc3ccccc3Cl)n2CC)sc(C(N)=O)c1C. The molecule has 3 N–H and O–H groups in total. The van der Waals surface area contributed by atoms with Gasteiger partial charge >= 0.3 is 5.97 Å². The van der Waals surface area contributed by atoms with Gasteiger partial charge in [-0.1, -0.05) is 35.5 Å². The first-order valence-corrected chi connectivity index (χ1v) is 12.8. The van der Waals surface area contributed by atoms with Crippen LogP contribution in [0.25, 0.3) is 0 Å². The van der Waals surface area contributed by atoms with Crippen molar-refractivity contribution in [1.29, 1.82) is 0 Å². The predicted molar refractivity (Wildman–Crippen MR) is 134 cm³/mol. The lowest BCUT2D eigenvalue weighted by atomic mass is 10.1. The summed E-state index contributed by atoms with van der Waals surface area (Å²) in [5, 5.41) is 12.3. The van der Waals surface area contributed by atoms with Crippen LogP contribution < -0.4 is 15.8 Å². The Kier molecular flexibility index (Phi) is 9.13. The Morgan fingerprint density at radius 2 is 1.97 bits per heavy atom. The normalized spacial score (nSPS) is 10.7. The Bertz CT molecular complexity index is 1240. The van der Waals surface area contributed by atoms with Crippen LogP contribution in [0.3, 0.4) is 0 Å². The highest BCUT2D eigenvalue weighted by Gasteiger charge is 2.26. The number of nitrogens with zero attached hydrogens (tertiary/aromatic N) is 3. The van der Waals surface area contributed by atoms with Crippen LogP contribution in [0.2, 0.25) is 5.02 Å². The summed E-state index contributed by atoms with van der Waals surface area (Å²) in [5.74, 6) is -0.597. The highest BCUT2D eigenvalue weighted by molar-refractivity contribution is 7.99. The lowest BCUT2D eigenvalue weighted by Gasteiger charge is -2.10. The van der Waals surface area contributed by atoms with Crippen molar-refractivity contribution < 1.29 is 23.9 Å². The lowest BCUT2D eigenvalue weighted by molar-refractivity contribution is -0.113. The van der Waals surface area contributed by atoms with Gasteiger partial charge in [0.15, 0.2) is 11.0 Å². The van der Waals surface area contributed by atoms with E-state index in [4.69, 9.17) is 26.8 Å². The fourth-order valence-corrected chi connectivity index (χ4v) is 5.21. The zero-order chi connectivity index (χ0) is 25.5. The molecule has 13 heteroatoms. The van der Waals surface area contributed by atoms with Crippen LogP contribution in [0.15, 0.2) is 29.4 Å². The fraction of sp³-hybridized carbons (Fsp3) is 0.318. The van der Waals surface area contributed by atoms with Crippen LogP contribution in [0, 0.1) is 6.92 Å². The number of nitrogens with two attached hydrogens (primary N) is 1. The number of benzene rings is 1. The second kappa shape index (κ2) is 12.0. The summed E-state index contributed by atoms with van der Waals surface area (Å²) < 4.78 is 12.6. The number of thiophene rings is 1. The summed E-state index contributed by atoms with van der Waals surface area (Å²) in [7, 11) is 0. The average Bonchev–Trinajstić information content (AvgIpc) is 3.37. The molecule has 0 atom stereocenters. The quantitative estimate of drug-likeness (QED) is 0.277. The lowest BCUT2D eigenvalue weighted by Crippen LogP contribution is -2.17. The number of para-hydroxylation sites is 1. The van der Waals surface area contributed by atoms with E-state index in [0.29, 0.717) is 33.9 Å². The van der Waals surface area contributed by atoms with Crippen molar-refractivity contribution in [3.8, 4) is 5.75 Å². The molecule has 10 nitrogen and oxygen atoms in total. The number of halogens is 1. The molecule has 2 heterocycles. The van der Waals surface area contributed by atoms with E-state index >= 15 is 0 Å². The zero-order valence-electron chi connectivity index (χ0n) is 19.3. The van der Waals surface area contributed by atoms with Gasteiger partial charge in [-0.15, -0.1) is 21.5 Å². The molecule has 186 valence electrons. The van der Waals surface area contributed by atoms with Crippen LogP contribution in [-0.2, 0) is 22.7 Å². The number of carbonyl (C=O) groups is 3. The number of nitrogens with one attached hydrogen (secondary N) is 1. The highest BCUT2D eigenvalue weighted by Crippen LogP contribution is 2.34. The van der Waals surface area contributed by atoms with Crippen molar-refractivity contribution in [2.45, 2.75) is 39.1 Å². The topological polar surface area (TPSA) is 138 Å². The number of amides is 2. The van der Waals surface area contributed by atoms with Crippen molar-refractivity contribution in [3.63, 3.8) is 0 Å². The van der Waals surface area contributed by atoms with Gasteiger partial charge in [0.1, 0.15) is 17.4 Å². The maximum absolute atomic E-state index is 12.7. The maximum atomic E-state index is 12.7. The minimum Gasteiger partial charge on any atom is -0.484 e. The van der Waals surface area contributed by atoms with Crippen LogP contribution in [-0.4, -0.2) is 44.9 Å². The number of hydrogen-bond donors (Lipinski definition) is 2. The summed E-state index contributed by atoms with van der Waals surface area (Å²) in [5.41, 5.74) is 5.91. The maximum Gasteiger partial charge on any atom is 0.341 e. The van der Waals surface area contributed by atoms with Gasteiger partial charge in [-0.25, -0.2) is 4.79 Å². The van der Waals surface area contributed by atoms with Gasteiger partial charge in [-0.2, -0.15) is 0 Å². The number of thioether (sulfide) groups is 1. The summed E-state index contributed by atoms with van der Waals surface area (Å²) in [6.07, 6.45) is 0. The molecule has 0 spiro atoms. The first-order valence-electron chi connectivity index (χ1n) is 10.6. The molecular formula is C22H24ClN5O5S2. The second-order valence-electron chi connectivity index (χ2n) is 7.04. The molecule has 1 aromatic carbocycles. The molecule has 0 saturated carbocycles. The molecule has 0 radical (unpaired) electrons. The highest BCUT2D eigenvalue weighted by atomic mass is 35.5. The van der Waals surface area contributed by atoms with Crippen LogP contribution >= 0.6 is 34.7 Å². The van der Waals surface area contributed by atoms with Crippen molar-refractivity contribution in [2.75, 3.05) is 17.7 Å². The first-order chi connectivity index (χ1) is 16.8. The summed E-state index contributed by atoms with van der Waals surface area (Å²) in [6.45, 7) is 6.06. The van der Waals surface area contributed by atoms with Crippen molar-refractivity contribution >= 4 is 57.5 Å². The molecule has 0 aliphatic carbocycles. The molecule has 3 aromatic rings. The smallest absolute Gasteiger partial charge is 0.341 e. The largest absolute Gasteiger partial charge is 0.484 e. The Morgan fingerprint density at radius 1 is 1.23 bits per heavy atom. The van der Waals surface area contributed by atoms with Crippen molar-refractivity contribution in [3.05, 3.63) is 51.1 Å². The predicted octanol–water partition coefficient (Wildman–Crippen LogP) is 3.91. The molecule has 2 aromatic heterocycles. The molecule has 0 bridgehead atoms. The molecule has 0 aliphatic rings. The molecule has 0 saturated heterocycles. The number of hydrogen-bond acceptors (Lipinski definition) is 9. The van der Waals surface area contributed by atoms with Crippen LogP contribution in [0.1, 0.15) is 45.3 Å². The first kappa shape index (κ1) is 26.5. The van der Waals surface area contributed by atoms with Gasteiger partial charge in [-0.3, -0.25) is 9.59 Å². The van der Waals surface area contributed by atoms with E-state index in [1.165, 1.54) is 11.8 Å². The van der Waals surface area contributed by atoms with E-state index in [2.05, 4.69) is 15.5 Å². The molecule has 0 fully saturated rings. The molecule has 2 amide bonds. The molecule has 0 aliphatic heterocycles. The summed E-state index contributed by atoms with van der Waals surface area (Å²) >= 11 is 8.24. The minimum absolute atomic E-state index is 0.00534. The van der Waals surface area contributed by atoms with E-state index in [9.17, 15) is 14.4 Å². The third kappa shape index (κ3) is 6.32. The number of primary amides is 1. The molecule has 35 heavy (non-hydrogen) atoms. The van der Waals surface area contributed by atoms with Gasteiger partial charge in [-0.05, 0) is 38.5 Å². The standard InChI is InChI=1S/C22H24ClN5O5S2/c1-4-28-15(10-33-14-9-7-6-8-13(14)23)26-27-22(28)34-11-16(29)25-20-17(21(31)32-5-2)12(3)18(35-20)19(24)30/h6-9H,4-5,10-11H2,1-3H3,(H2,24,30)(H,25,29). The number of esters is 1. The number of carbonyl (C=O) groups excluding carboxylic acids is 3. The van der Waals surface area contributed by atoms with E-state index in [1.54, 1.807) is 26.0 Å². The average molecular weight is 538 g/mol. The third-order valence-corrected chi connectivity index (χ3v) is 7.24. The third-order valence-electron chi connectivity index (χ3n) is 4.74. The van der Waals surface area contributed by atoms with Gasteiger partial charge in [0, 0.05) is 6.54 Å². The van der Waals surface area contributed by atoms with Gasteiger partial charge in [0.2, 0.25) is 5.91 Å². The minimum atomic E-state index is -0.685. The molecular weight excluding hydrogens is 514 g/mol. The number of rotatable bonds is 11. The van der Waals surface area contributed by atoms with Crippen LogP contribution in [0.4, 0.5) is 5.00 Å². The van der Waals surface area contributed by atoms with E-state index in [-0.39, 0.29) is 34.4 Å². The Balaban J connectivity index is 1.68.